The Kier molecular flexibility index (Phi) is 3.19. The van der Waals surface area contributed by atoms with Crippen LogP contribution in [0.1, 0.15) is 39.5 Å². The van der Waals surface area contributed by atoms with Crippen molar-refractivity contribution in [3.63, 3.8) is 0 Å². The molecule has 21 heavy (non-hydrogen) atoms. The Labute approximate surface area is 124 Å². The minimum Gasteiger partial charge on any atom is -0.469 e. The molecule has 0 saturated heterocycles. The highest BCUT2D eigenvalue weighted by molar-refractivity contribution is 6.19. The molecule has 0 spiro atoms. The van der Waals surface area contributed by atoms with Crippen LogP contribution >= 0.6 is 0 Å². The van der Waals surface area contributed by atoms with Crippen LogP contribution in [0, 0.1) is 17.3 Å². The smallest absolute Gasteiger partial charge is 0.309 e. The number of hydrogen-bond donors (Lipinski definition) is 0. The summed E-state index contributed by atoms with van der Waals surface area (Å²) in [7, 11) is 1.38. The number of amides is 2. The number of carbonyl (C=O) groups is 3. The van der Waals surface area contributed by atoms with E-state index in [0.29, 0.717) is 30.5 Å². The fraction of sp³-hybridized carbons (Fsp3) is 0.688. The van der Waals surface area contributed by atoms with Crippen molar-refractivity contribution in [2.45, 2.75) is 39.5 Å². The molecule has 1 saturated carbocycles. The molecule has 0 bridgehead atoms. The van der Waals surface area contributed by atoms with Crippen molar-refractivity contribution in [2.24, 2.45) is 17.3 Å². The van der Waals surface area contributed by atoms with Gasteiger partial charge in [0, 0.05) is 17.7 Å². The Morgan fingerprint density at radius 2 is 1.71 bits per heavy atom. The second-order valence-corrected chi connectivity index (χ2v) is 6.81. The Morgan fingerprint density at radius 1 is 1.19 bits per heavy atom. The largest absolute Gasteiger partial charge is 0.469 e. The van der Waals surface area contributed by atoms with Crippen LogP contribution in [-0.2, 0) is 19.1 Å². The van der Waals surface area contributed by atoms with Gasteiger partial charge in [-0.05, 0) is 37.0 Å². The third-order valence-corrected chi connectivity index (χ3v) is 5.36. The zero-order valence-corrected chi connectivity index (χ0v) is 12.8. The molecule has 2 aliphatic carbocycles. The van der Waals surface area contributed by atoms with Gasteiger partial charge in [-0.15, -0.1) is 0 Å². The van der Waals surface area contributed by atoms with E-state index in [-0.39, 0.29) is 35.0 Å². The van der Waals surface area contributed by atoms with Gasteiger partial charge in [0.05, 0.1) is 13.0 Å². The monoisotopic (exact) mass is 291 g/mol. The topological polar surface area (TPSA) is 63.7 Å². The van der Waals surface area contributed by atoms with Gasteiger partial charge in [-0.3, -0.25) is 19.3 Å². The molecule has 0 aromatic carbocycles. The van der Waals surface area contributed by atoms with Crippen molar-refractivity contribution in [1.82, 2.24) is 4.90 Å². The van der Waals surface area contributed by atoms with E-state index in [1.807, 2.05) is 13.8 Å². The number of methoxy groups -OCH3 is 1. The van der Waals surface area contributed by atoms with Crippen LogP contribution in [0.2, 0.25) is 0 Å². The number of rotatable bonds is 3. The summed E-state index contributed by atoms with van der Waals surface area (Å²) < 4.78 is 4.82. The molecule has 0 aromatic rings. The van der Waals surface area contributed by atoms with Gasteiger partial charge >= 0.3 is 5.97 Å². The molecule has 1 fully saturated rings. The number of ether oxygens (including phenoxy) is 1. The summed E-state index contributed by atoms with van der Waals surface area (Å²) in [6.45, 7) is 4.30. The van der Waals surface area contributed by atoms with Crippen molar-refractivity contribution >= 4 is 17.8 Å². The average Bonchev–Trinajstić information content (AvgIpc) is 2.93. The Balaban J connectivity index is 1.74. The number of imide groups is 1. The van der Waals surface area contributed by atoms with Crippen molar-refractivity contribution < 1.29 is 19.1 Å². The second kappa shape index (κ2) is 4.68. The van der Waals surface area contributed by atoms with E-state index in [1.165, 1.54) is 12.0 Å². The first kappa shape index (κ1) is 14.3. The van der Waals surface area contributed by atoms with E-state index < -0.39 is 0 Å². The minimum atomic E-state index is -0.248. The fourth-order valence-electron chi connectivity index (χ4n) is 3.84. The molecule has 0 aromatic heterocycles. The van der Waals surface area contributed by atoms with E-state index in [1.54, 1.807) is 0 Å². The number of carbonyl (C=O) groups excluding carboxylic acids is 3. The molecular weight excluding hydrogens is 270 g/mol. The summed E-state index contributed by atoms with van der Waals surface area (Å²) in [6.07, 6.45) is 3.38. The molecular formula is C16H21NO4. The van der Waals surface area contributed by atoms with Crippen LogP contribution in [0.5, 0.6) is 0 Å². The first-order valence-corrected chi connectivity index (χ1v) is 7.55. The van der Waals surface area contributed by atoms with Crippen LogP contribution in [0.15, 0.2) is 11.1 Å². The molecule has 3 aliphatic rings. The highest BCUT2D eigenvalue weighted by Gasteiger charge is 2.63. The van der Waals surface area contributed by atoms with Gasteiger partial charge in [0.15, 0.2) is 0 Å². The number of hydrogen-bond acceptors (Lipinski definition) is 4. The first-order chi connectivity index (χ1) is 9.89. The SMILES string of the molecule is COC(=O)C1C(CN2C(=O)C3=C(CCCC3)C2=O)C1(C)C. The maximum atomic E-state index is 12.4. The molecule has 5 nitrogen and oxygen atoms in total. The minimum absolute atomic E-state index is 0.000738. The molecule has 1 heterocycles. The fourth-order valence-corrected chi connectivity index (χ4v) is 3.84. The quantitative estimate of drug-likeness (QED) is 0.586. The zero-order valence-electron chi connectivity index (χ0n) is 12.8. The Morgan fingerprint density at radius 3 is 2.19 bits per heavy atom. The summed E-state index contributed by atoms with van der Waals surface area (Å²) in [5.41, 5.74) is 1.20. The summed E-state index contributed by atoms with van der Waals surface area (Å²) in [6, 6.07) is 0. The van der Waals surface area contributed by atoms with Gasteiger partial charge in [0.2, 0.25) is 0 Å². The van der Waals surface area contributed by atoms with Crippen molar-refractivity contribution in [2.75, 3.05) is 13.7 Å². The average molecular weight is 291 g/mol. The predicted octanol–water partition coefficient (Wildman–Crippen LogP) is 1.67. The van der Waals surface area contributed by atoms with Gasteiger partial charge in [-0.2, -0.15) is 0 Å². The normalized spacial score (nSPS) is 30.5. The van der Waals surface area contributed by atoms with Gasteiger partial charge in [0.1, 0.15) is 0 Å². The van der Waals surface area contributed by atoms with Gasteiger partial charge in [0.25, 0.3) is 11.8 Å². The summed E-state index contributed by atoms with van der Waals surface area (Å²) in [5.74, 6) is -0.746. The summed E-state index contributed by atoms with van der Waals surface area (Å²) in [5, 5.41) is 0. The lowest BCUT2D eigenvalue weighted by Gasteiger charge is -2.15. The highest BCUT2D eigenvalue weighted by Crippen LogP contribution is 2.59. The Bertz CT molecular complexity index is 533. The van der Waals surface area contributed by atoms with E-state index in [4.69, 9.17) is 4.74 Å². The zero-order chi connectivity index (χ0) is 15.4. The molecule has 1 aliphatic heterocycles. The van der Waals surface area contributed by atoms with Gasteiger partial charge in [-0.1, -0.05) is 13.8 Å². The molecule has 5 heteroatoms. The Hall–Kier alpha value is -1.65. The van der Waals surface area contributed by atoms with Gasteiger partial charge in [-0.25, -0.2) is 0 Å². The van der Waals surface area contributed by atoms with E-state index in [9.17, 15) is 14.4 Å². The van der Waals surface area contributed by atoms with Crippen LogP contribution in [0.25, 0.3) is 0 Å². The van der Waals surface area contributed by atoms with Crippen LogP contribution in [0.4, 0.5) is 0 Å². The van der Waals surface area contributed by atoms with E-state index >= 15 is 0 Å². The van der Waals surface area contributed by atoms with Crippen LogP contribution in [0.3, 0.4) is 0 Å². The van der Waals surface area contributed by atoms with Crippen molar-refractivity contribution in [3.05, 3.63) is 11.1 Å². The van der Waals surface area contributed by atoms with Crippen LogP contribution < -0.4 is 0 Å². The molecule has 114 valence electrons. The molecule has 0 N–H and O–H groups in total. The molecule has 2 amide bonds. The highest BCUT2D eigenvalue weighted by atomic mass is 16.5. The first-order valence-electron chi connectivity index (χ1n) is 7.55. The lowest BCUT2D eigenvalue weighted by molar-refractivity contribution is -0.144. The molecule has 3 rings (SSSR count). The molecule has 2 unspecified atom stereocenters. The third-order valence-electron chi connectivity index (χ3n) is 5.36. The van der Waals surface area contributed by atoms with Gasteiger partial charge < -0.3 is 4.74 Å². The number of esters is 1. The van der Waals surface area contributed by atoms with Crippen molar-refractivity contribution in [1.29, 1.82) is 0 Å². The lowest BCUT2D eigenvalue weighted by Crippen LogP contribution is -2.34. The third kappa shape index (κ3) is 2.01. The van der Waals surface area contributed by atoms with Crippen molar-refractivity contribution in [3.8, 4) is 0 Å². The predicted molar refractivity (Wildman–Crippen MR) is 75.0 cm³/mol. The molecule has 2 atom stereocenters. The standard InChI is InChI=1S/C16H21NO4/c1-16(2)11(12(16)15(20)21-3)8-17-13(18)9-6-4-5-7-10(9)14(17)19/h11-12H,4-8H2,1-3H3. The van der Waals surface area contributed by atoms with E-state index in [0.717, 1.165) is 12.8 Å². The summed E-state index contributed by atoms with van der Waals surface area (Å²) >= 11 is 0. The lowest BCUT2D eigenvalue weighted by atomic mass is 9.93. The maximum absolute atomic E-state index is 12.4. The molecule has 0 radical (unpaired) electrons. The maximum Gasteiger partial charge on any atom is 0.309 e. The second-order valence-electron chi connectivity index (χ2n) is 6.81. The van der Waals surface area contributed by atoms with Crippen LogP contribution in [-0.4, -0.2) is 36.3 Å². The summed E-state index contributed by atoms with van der Waals surface area (Å²) in [4.78, 5) is 37.9. The number of nitrogens with zero attached hydrogens (tertiary/aromatic N) is 1. The van der Waals surface area contributed by atoms with E-state index in [2.05, 4.69) is 0 Å².